The maximum absolute atomic E-state index is 11.5. The highest BCUT2D eigenvalue weighted by atomic mass is 16.6. The number of ether oxygens (including phenoxy) is 2. The molecule has 0 amide bonds. The van der Waals surface area contributed by atoms with Crippen LogP contribution < -0.4 is 4.74 Å². The SMILES string of the molecule is CCOC(=O)COc1ccncc1Cc1ccc(C#N)c2ccccc12. The van der Waals surface area contributed by atoms with E-state index in [1.165, 1.54) is 0 Å². The molecule has 0 aliphatic carbocycles. The Morgan fingerprint density at radius 3 is 2.69 bits per heavy atom. The summed E-state index contributed by atoms with van der Waals surface area (Å²) < 4.78 is 10.5. The van der Waals surface area contributed by atoms with E-state index in [0.29, 0.717) is 24.3 Å². The normalized spacial score (nSPS) is 10.3. The van der Waals surface area contributed by atoms with Crippen LogP contribution in [0.4, 0.5) is 0 Å². The van der Waals surface area contributed by atoms with Crippen LogP contribution in [0, 0.1) is 11.3 Å². The zero-order chi connectivity index (χ0) is 18.4. The first-order chi connectivity index (χ1) is 12.7. The first-order valence-electron chi connectivity index (χ1n) is 8.35. The number of carbonyl (C=O) groups is 1. The number of aromatic nitrogens is 1. The van der Waals surface area contributed by atoms with E-state index in [9.17, 15) is 10.1 Å². The predicted molar refractivity (Wildman–Crippen MR) is 97.8 cm³/mol. The average Bonchev–Trinajstić information content (AvgIpc) is 2.68. The molecule has 0 aliphatic heterocycles. The fourth-order valence-electron chi connectivity index (χ4n) is 2.85. The first-order valence-corrected chi connectivity index (χ1v) is 8.35. The summed E-state index contributed by atoms with van der Waals surface area (Å²) in [7, 11) is 0. The minimum Gasteiger partial charge on any atom is -0.481 e. The fraction of sp³-hybridized carbons (Fsp3) is 0.190. The lowest BCUT2D eigenvalue weighted by molar-refractivity contribution is -0.145. The molecule has 0 bridgehead atoms. The second-order valence-electron chi connectivity index (χ2n) is 5.68. The van der Waals surface area contributed by atoms with Gasteiger partial charge in [-0.05, 0) is 35.4 Å². The Kier molecular flexibility index (Phi) is 5.45. The summed E-state index contributed by atoms with van der Waals surface area (Å²) in [4.78, 5) is 15.7. The highest BCUT2D eigenvalue weighted by Gasteiger charge is 2.11. The van der Waals surface area contributed by atoms with Crippen LogP contribution in [0.1, 0.15) is 23.6 Å². The highest BCUT2D eigenvalue weighted by Crippen LogP contribution is 2.27. The minimum atomic E-state index is -0.404. The van der Waals surface area contributed by atoms with Crippen molar-refractivity contribution in [2.24, 2.45) is 0 Å². The largest absolute Gasteiger partial charge is 0.481 e. The van der Waals surface area contributed by atoms with Crippen molar-refractivity contribution in [1.82, 2.24) is 4.98 Å². The number of fused-ring (bicyclic) bond motifs is 1. The number of rotatable bonds is 6. The molecule has 3 aromatic rings. The monoisotopic (exact) mass is 346 g/mol. The molecule has 5 heteroatoms. The first kappa shape index (κ1) is 17.4. The van der Waals surface area contributed by atoms with Crippen LogP contribution in [0.15, 0.2) is 54.9 Å². The van der Waals surface area contributed by atoms with Crippen LogP contribution in [0.5, 0.6) is 5.75 Å². The molecule has 1 heterocycles. The van der Waals surface area contributed by atoms with Gasteiger partial charge in [-0.25, -0.2) is 4.79 Å². The lowest BCUT2D eigenvalue weighted by Gasteiger charge is -2.12. The molecule has 1 aromatic heterocycles. The van der Waals surface area contributed by atoms with Crippen molar-refractivity contribution in [1.29, 1.82) is 5.26 Å². The van der Waals surface area contributed by atoms with Crippen LogP contribution >= 0.6 is 0 Å². The lowest BCUT2D eigenvalue weighted by atomic mass is 9.96. The Morgan fingerprint density at radius 1 is 1.12 bits per heavy atom. The van der Waals surface area contributed by atoms with Crippen molar-refractivity contribution in [2.75, 3.05) is 13.2 Å². The van der Waals surface area contributed by atoms with E-state index in [4.69, 9.17) is 9.47 Å². The van der Waals surface area contributed by atoms with Gasteiger partial charge in [-0.2, -0.15) is 5.26 Å². The van der Waals surface area contributed by atoms with Crippen molar-refractivity contribution in [3.63, 3.8) is 0 Å². The highest BCUT2D eigenvalue weighted by molar-refractivity contribution is 5.90. The molecular weight excluding hydrogens is 328 g/mol. The molecule has 3 rings (SSSR count). The average molecular weight is 346 g/mol. The minimum absolute atomic E-state index is 0.140. The second-order valence-corrected chi connectivity index (χ2v) is 5.68. The number of pyridine rings is 1. The number of esters is 1. The summed E-state index contributed by atoms with van der Waals surface area (Å²) in [5.74, 6) is 0.195. The van der Waals surface area contributed by atoms with Gasteiger partial charge in [0.2, 0.25) is 0 Å². The fourth-order valence-corrected chi connectivity index (χ4v) is 2.85. The molecule has 130 valence electrons. The number of nitriles is 1. The molecule has 0 N–H and O–H groups in total. The Hall–Kier alpha value is -3.39. The Balaban J connectivity index is 1.90. The van der Waals surface area contributed by atoms with E-state index in [0.717, 1.165) is 21.9 Å². The van der Waals surface area contributed by atoms with Crippen molar-refractivity contribution in [2.45, 2.75) is 13.3 Å². The lowest BCUT2D eigenvalue weighted by Crippen LogP contribution is -2.15. The molecule has 0 aliphatic rings. The summed E-state index contributed by atoms with van der Waals surface area (Å²) in [6.07, 6.45) is 3.94. The summed E-state index contributed by atoms with van der Waals surface area (Å²) in [6.45, 7) is 1.94. The van der Waals surface area contributed by atoms with Crippen LogP contribution in [0.2, 0.25) is 0 Å². The van der Waals surface area contributed by atoms with Crippen molar-refractivity contribution < 1.29 is 14.3 Å². The summed E-state index contributed by atoms with van der Waals surface area (Å²) in [5.41, 5.74) is 2.58. The zero-order valence-corrected chi connectivity index (χ0v) is 14.4. The molecule has 2 aromatic carbocycles. The quantitative estimate of drug-likeness (QED) is 0.637. The van der Waals surface area contributed by atoms with Crippen LogP contribution in [-0.4, -0.2) is 24.2 Å². The van der Waals surface area contributed by atoms with E-state index in [-0.39, 0.29) is 6.61 Å². The van der Waals surface area contributed by atoms with Crippen molar-refractivity contribution in [3.05, 3.63) is 71.5 Å². The van der Waals surface area contributed by atoms with E-state index in [2.05, 4.69) is 11.1 Å². The third-order valence-electron chi connectivity index (χ3n) is 4.03. The van der Waals surface area contributed by atoms with Gasteiger partial charge in [-0.3, -0.25) is 4.98 Å². The molecular formula is C21H18N2O3. The number of carbonyl (C=O) groups excluding carboxylic acids is 1. The van der Waals surface area contributed by atoms with Gasteiger partial charge in [0.15, 0.2) is 6.61 Å². The molecule has 0 saturated carbocycles. The van der Waals surface area contributed by atoms with Crippen LogP contribution in [0.25, 0.3) is 10.8 Å². The smallest absolute Gasteiger partial charge is 0.344 e. The van der Waals surface area contributed by atoms with Crippen LogP contribution in [0.3, 0.4) is 0 Å². The number of hydrogen-bond donors (Lipinski definition) is 0. The van der Waals surface area contributed by atoms with E-state index in [1.54, 1.807) is 25.4 Å². The summed E-state index contributed by atoms with van der Waals surface area (Å²) >= 11 is 0. The summed E-state index contributed by atoms with van der Waals surface area (Å²) in [6, 6.07) is 15.6. The van der Waals surface area contributed by atoms with Gasteiger partial charge in [-0.1, -0.05) is 30.3 Å². The predicted octanol–water partition coefficient (Wildman–Crippen LogP) is 3.64. The molecule has 0 spiro atoms. The molecule has 0 unspecified atom stereocenters. The summed E-state index contributed by atoms with van der Waals surface area (Å²) in [5, 5.41) is 11.2. The maximum atomic E-state index is 11.5. The molecule has 0 saturated heterocycles. The Labute approximate surface area is 151 Å². The maximum Gasteiger partial charge on any atom is 0.344 e. The third-order valence-corrected chi connectivity index (χ3v) is 4.03. The van der Waals surface area contributed by atoms with Gasteiger partial charge < -0.3 is 9.47 Å². The topological polar surface area (TPSA) is 72.2 Å². The standard InChI is InChI=1S/C21H18N2O3/c1-2-25-21(24)14-26-20-9-10-23-13-17(20)11-15-7-8-16(12-22)19-6-4-3-5-18(15)19/h3-10,13H,2,11,14H2,1H3. The van der Waals surface area contributed by atoms with E-state index in [1.807, 2.05) is 36.4 Å². The van der Waals surface area contributed by atoms with Crippen molar-refractivity contribution >= 4 is 16.7 Å². The van der Waals surface area contributed by atoms with Gasteiger partial charge in [0, 0.05) is 24.4 Å². The molecule has 0 fully saturated rings. The second kappa shape index (κ2) is 8.13. The van der Waals surface area contributed by atoms with Crippen LogP contribution in [-0.2, 0) is 16.0 Å². The molecule has 0 radical (unpaired) electrons. The number of hydrogen-bond acceptors (Lipinski definition) is 5. The van der Waals surface area contributed by atoms with Gasteiger partial charge in [0.05, 0.1) is 18.2 Å². The number of nitrogens with zero attached hydrogens (tertiary/aromatic N) is 2. The molecule has 26 heavy (non-hydrogen) atoms. The Morgan fingerprint density at radius 2 is 1.92 bits per heavy atom. The zero-order valence-electron chi connectivity index (χ0n) is 14.4. The van der Waals surface area contributed by atoms with Gasteiger partial charge in [-0.15, -0.1) is 0 Å². The Bertz CT molecular complexity index is 976. The molecule has 0 atom stereocenters. The van der Waals surface area contributed by atoms with Gasteiger partial charge in [0.25, 0.3) is 0 Å². The van der Waals surface area contributed by atoms with Gasteiger partial charge >= 0.3 is 5.97 Å². The van der Waals surface area contributed by atoms with Gasteiger partial charge in [0.1, 0.15) is 5.75 Å². The number of benzene rings is 2. The van der Waals surface area contributed by atoms with E-state index < -0.39 is 5.97 Å². The van der Waals surface area contributed by atoms with Crippen molar-refractivity contribution in [3.8, 4) is 11.8 Å². The third kappa shape index (κ3) is 3.81. The van der Waals surface area contributed by atoms with E-state index >= 15 is 0 Å². The molecule has 5 nitrogen and oxygen atoms in total.